The van der Waals surface area contributed by atoms with Gasteiger partial charge in [0, 0.05) is 23.9 Å². The molecule has 0 aliphatic carbocycles. The molecule has 0 fully saturated rings. The molecule has 0 N–H and O–H groups in total. The number of nitrogens with zero attached hydrogens (tertiary/aromatic N) is 4. The molecule has 0 saturated heterocycles. The number of rotatable bonds is 8. The molecule has 1 aromatic heterocycles. The van der Waals surface area contributed by atoms with E-state index in [1.807, 2.05) is 47.0 Å². The first-order valence-electron chi connectivity index (χ1n) is 8.58. The fraction of sp³-hybridized carbons (Fsp3) is 0.190. The predicted octanol–water partition coefficient (Wildman–Crippen LogP) is 4.31. The zero-order valence-corrected chi connectivity index (χ0v) is 16.6. The first-order valence-corrected chi connectivity index (χ1v) is 9.57. The van der Waals surface area contributed by atoms with Gasteiger partial charge in [0.25, 0.3) is 0 Å². The number of hydrogen-bond donors (Lipinski definition) is 0. The third-order valence-electron chi connectivity index (χ3n) is 4.13. The summed E-state index contributed by atoms with van der Waals surface area (Å²) in [5.74, 6) is 2.69. The highest BCUT2D eigenvalue weighted by Crippen LogP contribution is 2.32. The van der Waals surface area contributed by atoms with E-state index in [9.17, 15) is 5.26 Å². The lowest BCUT2D eigenvalue weighted by atomic mass is 10.1. The van der Waals surface area contributed by atoms with E-state index >= 15 is 0 Å². The first-order chi connectivity index (χ1) is 13.7. The second kappa shape index (κ2) is 9.11. The van der Waals surface area contributed by atoms with Crippen LogP contribution in [-0.2, 0) is 12.3 Å². The van der Waals surface area contributed by atoms with E-state index in [0.717, 1.165) is 16.3 Å². The molecule has 142 valence electrons. The maximum absolute atomic E-state index is 9.28. The van der Waals surface area contributed by atoms with Gasteiger partial charge in [0.15, 0.2) is 11.0 Å². The zero-order valence-electron chi connectivity index (χ0n) is 15.8. The molecule has 3 rings (SSSR count). The molecule has 0 unspecified atom stereocenters. The van der Waals surface area contributed by atoms with E-state index in [2.05, 4.69) is 22.8 Å². The average molecular weight is 392 g/mol. The Morgan fingerprint density at radius 2 is 1.86 bits per heavy atom. The van der Waals surface area contributed by atoms with E-state index in [4.69, 9.17) is 9.47 Å². The summed E-state index contributed by atoms with van der Waals surface area (Å²) >= 11 is 1.53. The summed E-state index contributed by atoms with van der Waals surface area (Å²) in [6.07, 6.45) is 1.80. The van der Waals surface area contributed by atoms with Crippen molar-refractivity contribution in [3.8, 4) is 29.0 Å². The average Bonchev–Trinajstić information content (AvgIpc) is 3.14. The van der Waals surface area contributed by atoms with Crippen LogP contribution in [0.3, 0.4) is 0 Å². The highest BCUT2D eigenvalue weighted by Gasteiger charge is 2.16. The van der Waals surface area contributed by atoms with Gasteiger partial charge in [-0.1, -0.05) is 36.0 Å². The summed E-state index contributed by atoms with van der Waals surface area (Å²) in [6, 6.07) is 15.4. The molecule has 6 nitrogen and oxygen atoms in total. The van der Waals surface area contributed by atoms with Crippen LogP contribution >= 0.6 is 11.8 Å². The van der Waals surface area contributed by atoms with Crippen molar-refractivity contribution in [3.05, 3.63) is 66.2 Å². The summed E-state index contributed by atoms with van der Waals surface area (Å²) in [6.45, 7) is 4.41. The summed E-state index contributed by atoms with van der Waals surface area (Å²) in [4.78, 5) is 0. The van der Waals surface area contributed by atoms with Crippen molar-refractivity contribution in [3.63, 3.8) is 0 Å². The van der Waals surface area contributed by atoms with Gasteiger partial charge < -0.3 is 9.47 Å². The SMILES string of the molecule is C=CCn1c(SCc2ccccc2C#N)nnc1-c1cc(OC)cc(OC)c1. The minimum atomic E-state index is 0.560. The Morgan fingerprint density at radius 3 is 2.50 bits per heavy atom. The van der Waals surface area contributed by atoms with Crippen molar-refractivity contribution < 1.29 is 9.47 Å². The fourth-order valence-corrected chi connectivity index (χ4v) is 3.69. The number of methoxy groups -OCH3 is 2. The summed E-state index contributed by atoms with van der Waals surface area (Å²) < 4.78 is 12.7. The van der Waals surface area contributed by atoms with Gasteiger partial charge in [0.05, 0.1) is 25.9 Å². The smallest absolute Gasteiger partial charge is 0.192 e. The van der Waals surface area contributed by atoms with E-state index in [0.29, 0.717) is 35.2 Å². The molecule has 3 aromatic rings. The molecule has 0 radical (unpaired) electrons. The molecule has 0 saturated carbocycles. The third-order valence-corrected chi connectivity index (χ3v) is 5.15. The molecule has 0 atom stereocenters. The maximum atomic E-state index is 9.28. The number of allylic oxidation sites excluding steroid dienone is 1. The summed E-state index contributed by atoms with van der Waals surface area (Å²) in [7, 11) is 3.22. The highest BCUT2D eigenvalue weighted by atomic mass is 32.2. The Morgan fingerprint density at radius 1 is 1.14 bits per heavy atom. The molecule has 0 bridgehead atoms. The Balaban J connectivity index is 1.94. The van der Waals surface area contributed by atoms with Crippen LogP contribution in [0.2, 0.25) is 0 Å². The van der Waals surface area contributed by atoms with Gasteiger partial charge in [-0.05, 0) is 23.8 Å². The zero-order chi connectivity index (χ0) is 19.9. The van der Waals surface area contributed by atoms with E-state index in [1.165, 1.54) is 11.8 Å². The van der Waals surface area contributed by atoms with Crippen LogP contribution in [0.15, 0.2) is 60.3 Å². The van der Waals surface area contributed by atoms with E-state index in [-0.39, 0.29) is 0 Å². The molecule has 2 aromatic carbocycles. The second-order valence-electron chi connectivity index (χ2n) is 5.86. The quantitative estimate of drug-likeness (QED) is 0.420. The molecule has 0 aliphatic rings. The highest BCUT2D eigenvalue weighted by molar-refractivity contribution is 7.98. The van der Waals surface area contributed by atoms with Crippen LogP contribution in [0.25, 0.3) is 11.4 Å². The topological polar surface area (TPSA) is 73.0 Å². The Hall–Kier alpha value is -3.24. The normalized spacial score (nSPS) is 10.3. The molecule has 7 heteroatoms. The van der Waals surface area contributed by atoms with Crippen molar-refractivity contribution in [2.24, 2.45) is 0 Å². The number of aromatic nitrogens is 3. The van der Waals surface area contributed by atoms with Crippen molar-refractivity contribution in [1.82, 2.24) is 14.8 Å². The van der Waals surface area contributed by atoms with Gasteiger partial charge in [-0.25, -0.2) is 0 Å². The Bertz CT molecular complexity index is 1000. The van der Waals surface area contributed by atoms with Gasteiger partial charge in [-0.2, -0.15) is 5.26 Å². The van der Waals surface area contributed by atoms with E-state index < -0.39 is 0 Å². The van der Waals surface area contributed by atoms with Gasteiger partial charge in [-0.15, -0.1) is 16.8 Å². The van der Waals surface area contributed by atoms with Gasteiger partial charge >= 0.3 is 0 Å². The molecule has 0 amide bonds. The third kappa shape index (κ3) is 4.18. The molecule has 0 spiro atoms. The maximum Gasteiger partial charge on any atom is 0.192 e. The Kier molecular flexibility index (Phi) is 6.35. The molecular weight excluding hydrogens is 372 g/mol. The predicted molar refractivity (Wildman–Crippen MR) is 109 cm³/mol. The lowest BCUT2D eigenvalue weighted by molar-refractivity contribution is 0.394. The van der Waals surface area contributed by atoms with Crippen molar-refractivity contribution in [1.29, 1.82) is 5.26 Å². The fourth-order valence-electron chi connectivity index (χ4n) is 2.74. The van der Waals surface area contributed by atoms with E-state index in [1.54, 1.807) is 20.3 Å². The number of nitriles is 1. The molecule has 0 aliphatic heterocycles. The van der Waals surface area contributed by atoms with Crippen LogP contribution in [0, 0.1) is 11.3 Å². The number of ether oxygens (including phenoxy) is 2. The minimum absolute atomic E-state index is 0.560. The van der Waals surface area contributed by atoms with Crippen LogP contribution in [0.5, 0.6) is 11.5 Å². The summed E-state index contributed by atoms with van der Waals surface area (Å²) in [5.41, 5.74) is 2.48. The number of thioether (sulfide) groups is 1. The molecular formula is C21H20N4O2S. The van der Waals surface area contributed by atoms with Crippen LogP contribution in [0.1, 0.15) is 11.1 Å². The van der Waals surface area contributed by atoms with Crippen LogP contribution < -0.4 is 9.47 Å². The van der Waals surface area contributed by atoms with Crippen molar-refractivity contribution in [2.75, 3.05) is 14.2 Å². The molecule has 28 heavy (non-hydrogen) atoms. The summed E-state index contributed by atoms with van der Waals surface area (Å²) in [5, 5.41) is 18.8. The van der Waals surface area contributed by atoms with Gasteiger partial charge in [0.2, 0.25) is 0 Å². The standard InChI is InChI=1S/C21H20N4O2S/c1-4-9-25-20(17-10-18(26-2)12-19(11-17)27-3)23-24-21(25)28-14-16-8-6-5-7-15(16)13-22/h4-8,10-12H,1,9,14H2,2-3H3. The van der Waals surface area contributed by atoms with Crippen molar-refractivity contribution >= 4 is 11.8 Å². The first kappa shape index (κ1) is 19.5. The van der Waals surface area contributed by atoms with Crippen LogP contribution in [0.4, 0.5) is 0 Å². The number of benzene rings is 2. The second-order valence-corrected chi connectivity index (χ2v) is 6.81. The Labute approximate surface area is 168 Å². The number of hydrogen-bond acceptors (Lipinski definition) is 6. The van der Waals surface area contributed by atoms with Crippen molar-refractivity contribution in [2.45, 2.75) is 17.5 Å². The molecule has 1 heterocycles. The largest absolute Gasteiger partial charge is 0.497 e. The monoisotopic (exact) mass is 392 g/mol. The lowest BCUT2D eigenvalue weighted by Crippen LogP contribution is -2.01. The van der Waals surface area contributed by atoms with Gasteiger partial charge in [-0.3, -0.25) is 4.57 Å². The lowest BCUT2D eigenvalue weighted by Gasteiger charge is -2.11. The van der Waals surface area contributed by atoms with Crippen LogP contribution in [-0.4, -0.2) is 29.0 Å². The van der Waals surface area contributed by atoms with Gasteiger partial charge in [0.1, 0.15) is 11.5 Å². The minimum Gasteiger partial charge on any atom is -0.497 e.